The summed E-state index contributed by atoms with van der Waals surface area (Å²) in [6.45, 7) is 8.35. The van der Waals surface area contributed by atoms with Crippen molar-refractivity contribution in [2.75, 3.05) is 20.3 Å². The maximum absolute atomic E-state index is 13.7. The molecule has 2 heterocycles. The average molecular weight is 505 g/mol. The predicted octanol–water partition coefficient (Wildman–Crippen LogP) is 3.76. The van der Waals surface area contributed by atoms with Gasteiger partial charge in [-0.3, -0.25) is 9.36 Å². The second-order valence-corrected chi connectivity index (χ2v) is 8.95. The third kappa shape index (κ3) is 4.90. The van der Waals surface area contributed by atoms with Crippen molar-refractivity contribution >= 4 is 23.4 Å². The molecule has 0 spiro atoms. The Kier molecular flexibility index (Phi) is 7.85. The Hall–Kier alpha value is -3.91. The summed E-state index contributed by atoms with van der Waals surface area (Å²) in [7, 11) is 1.34. The van der Waals surface area contributed by atoms with Crippen LogP contribution in [0.3, 0.4) is 0 Å². The molecule has 1 atom stereocenters. The van der Waals surface area contributed by atoms with Crippen LogP contribution in [0.2, 0.25) is 0 Å². The van der Waals surface area contributed by atoms with Crippen LogP contribution in [0, 0.1) is 0 Å². The molecule has 0 aliphatic carbocycles. The van der Waals surface area contributed by atoms with Gasteiger partial charge < -0.3 is 14.2 Å². The molecule has 1 aromatic heterocycles. The first-order valence-electron chi connectivity index (χ1n) is 11.7. The van der Waals surface area contributed by atoms with Crippen LogP contribution in [0.1, 0.15) is 37.4 Å². The molecule has 8 heteroatoms. The first-order chi connectivity index (χ1) is 17.5. The average Bonchev–Trinajstić information content (AvgIpc) is 3.21. The Morgan fingerprint density at radius 2 is 1.92 bits per heavy atom. The normalized spacial score (nSPS) is 15.2. The number of carbonyl (C=O) groups is 1. The van der Waals surface area contributed by atoms with Crippen LogP contribution in [0.25, 0.3) is 6.08 Å². The lowest BCUT2D eigenvalue weighted by molar-refractivity contribution is -0.136. The van der Waals surface area contributed by atoms with Gasteiger partial charge in [-0.1, -0.05) is 67.3 Å². The summed E-state index contributed by atoms with van der Waals surface area (Å²) in [6.07, 6.45) is 4.00. The molecule has 0 radical (unpaired) electrons. The fraction of sp³-hybridized carbons (Fsp3) is 0.250. The predicted molar refractivity (Wildman–Crippen MR) is 140 cm³/mol. The molecule has 0 saturated carbocycles. The van der Waals surface area contributed by atoms with Crippen molar-refractivity contribution in [1.82, 2.24) is 4.57 Å². The van der Waals surface area contributed by atoms with E-state index >= 15 is 0 Å². The van der Waals surface area contributed by atoms with Crippen LogP contribution in [0.4, 0.5) is 0 Å². The molecule has 36 heavy (non-hydrogen) atoms. The maximum Gasteiger partial charge on any atom is 0.338 e. The number of thiazole rings is 1. The van der Waals surface area contributed by atoms with E-state index in [1.165, 1.54) is 18.4 Å². The Morgan fingerprint density at radius 3 is 2.58 bits per heavy atom. The van der Waals surface area contributed by atoms with Crippen LogP contribution in [0.5, 0.6) is 11.5 Å². The fourth-order valence-electron chi connectivity index (χ4n) is 4.12. The van der Waals surface area contributed by atoms with E-state index in [0.717, 1.165) is 11.1 Å². The van der Waals surface area contributed by atoms with E-state index in [4.69, 9.17) is 19.2 Å². The highest BCUT2D eigenvalue weighted by atomic mass is 32.1. The number of allylic oxidation sites excluding steroid dienone is 1. The molecule has 4 rings (SSSR count). The van der Waals surface area contributed by atoms with Gasteiger partial charge in [0.25, 0.3) is 5.56 Å². The lowest BCUT2D eigenvalue weighted by Gasteiger charge is -2.25. The lowest BCUT2D eigenvalue weighted by Crippen LogP contribution is -2.40. The monoisotopic (exact) mass is 504 g/mol. The van der Waals surface area contributed by atoms with Gasteiger partial charge in [0, 0.05) is 0 Å². The summed E-state index contributed by atoms with van der Waals surface area (Å²) in [5.74, 6) is 0.703. The Morgan fingerprint density at radius 1 is 1.14 bits per heavy atom. The van der Waals surface area contributed by atoms with Crippen LogP contribution >= 0.6 is 11.3 Å². The number of carbonyl (C=O) groups excluding carboxylic acids is 1. The van der Waals surface area contributed by atoms with Gasteiger partial charge >= 0.3 is 5.97 Å². The summed E-state index contributed by atoms with van der Waals surface area (Å²) in [5, 5.41) is 0. The number of ether oxygens (including phenoxy) is 3. The van der Waals surface area contributed by atoms with Gasteiger partial charge in [-0.05, 0) is 42.7 Å². The van der Waals surface area contributed by atoms with E-state index in [-0.39, 0.29) is 5.56 Å². The molecule has 0 saturated heterocycles. The Balaban J connectivity index is 1.89. The standard InChI is InChI=1S/C28H28N2O5S/c1-5-15-35-21-14-13-18(16-22(21)34-7-3)17-23-26(31)30-25(19-11-9-8-10-12-19)24(27(32)33-4)20(6-2)29-28(30)36-23/h5,8-14,16-17,25H,1,6-7,15H2,2-4H3/b23-17-/t25-/m0/s1. The van der Waals surface area contributed by atoms with Gasteiger partial charge in [0.05, 0.1) is 35.6 Å². The van der Waals surface area contributed by atoms with Gasteiger partial charge in [0.15, 0.2) is 16.3 Å². The highest BCUT2D eigenvalue weighted by Gasteiger charge is 2.33. The molecule has 0 bridgehead atoms. The van der Waals surface area contributed by atoms with Crippen molar-refractivity contribution in [3.8, 4) is 11.5 Å². The molecule has 0 amide bonds. The molecular formula is C28H28N2O5S. The number of hydrogen-bond donors (Lipinski definition) is 0. The molecule has 2 aromatic carbocycles. The van der Waals surface area contributed by atoms with E-state index < -0.39 is 12.0 Å². The van der Waals surface area contributed by atoms with Crippen molar-refractivity contribution in [3.05, 3.63) is 103 Å². The molecule has 0 unspecified atom stereocenters. The quantitative estimate of drug-likeness (QED) is 0.328. The third-order valence-electron chi connectivity index (χ3n) is 5.69. The zero-order valence-electron chi connectivity index (χ0n) is 20.5. The highest BCUT2D eigenvalue weighted by Crippen LogP contribution is 2.32. The number of benzene rings is 2. The molecule has 186 valence electrons. The SMILES string of the molecule is C=CCOc1ccc(/C=c2\sc3n(c2=O)[C@@H](c2ccccc2)C(C(=O)OC)=C(CC)N=3)cc1OCC. The number of methoxy groups -OCH3 is 1. The summed E-state index contributed by atoms with van der Waals surface area (Å²) in [5.41, 5.74) is 2.37. The Labute approximate surface area is 213 Å². The van der Waals surface area contributed by atoms with E-state index in [0.29, 0.717) is 51.7 Å². The van der Waals surface area contributed by atoms with Gasteiger partial charge in [0.2, 0.25) is 0 Å². The summed E-state index contributed by atoms with van der Waals surface area (Å²) >= 11 is 1.29. The number of hydrogen-bond acceptors (Lipinski definition) is 7. The maximum atomic E-state index is 13.7. The lowest BCUT2D eigenvalue weighted by atomic mass is 9.95. The number of nitrogens with zero attached hydrogens (tertiary/aromatic N) is 2. The van der Waals surface area contributed by atoms with Crippen LogP contribution < -0.4 is 24.4 Å². The number of fused-ring (bicyclic) bond motifs is 1. The van der Waals surface area contributed by atoms with E-state index in [1.807, 2.05) is 62.4 Å². The second kappa shape index (κ2) is 11.2. The highest BCUT2D eigenvalue weighted by molar-refractivity contribution is 7.07. The first kappa shape index (κ1) is 25.2. The molecule has 1 aliphatic rings. The van der Waals surface area contributed by atoms with Gasteiger partial charge in [-0.15, -0.1) is 0 Å². The first-order valence-corrected chi connectivity index (χ1v) is 12.5. The minimum Gasteiger partial charge on any atom is -0.490 e. The molecule has 7 nitrogen and oxygen atoms in total. The summed E-state index contributed by atoms with van der Waals surface area (Å²) in [6, 6.07) is 14.4. The molecule has 1 aliphatic heterocycles. The van der Waals surface area contributed by atoms with Crippen molar-refractivity contribution in [3.63, 3.8) is 0 Å². The van der Waals surface area contributed by atoms with Gasteiger partial charge in [0.1, 0.15) is 6.61 Å². The summed E-state index contributed by atoms with van der Waals surface area (Å²) in [4.78, 5) is 31.8. The van der Waals surface area contributed by atoms with E-state index in [2.05, 4.69) is 6.58 Å². The van der Waals surface area contributed by atoms with Crippen molar-refractivity contribution in [1.29, 1.82) is 0 Å². The topological polar surface area (TPSA) is 79.1 Å². The van der Waals surface area contributed by atoms with Crippen LogP contribution in [0.15, 0.2) is 82.2 Å². The second-order valence-electron chi connectivity index (χ2n) is 7.94. The minimum atomic E-state index is -0.624. The van der Waals surface area contributed by atoms with Crippen molar-refractivity contribution in [2.45, 2.75) is 26.3 Å². The van der Waals surface area contributed by atoms with Crippen LogP contribution in [-0.2, 0) is 9.53 Å². The van der Waals surface area contributed by atoms with E-state index in [9.17, 15) is 9.59 Å². The fourth-order valence-corrected chi connectivity index (χ4v) is 5.14. The zero-order valence-corrected chi connectivity index (χ0v) is 21.3. The molecule has 0 N–H and O–H groups in total. The molecule has 3 aromatic rings. The van der Waals surface area contributed by atoms with Gasteiger partial charge in [-0.2, -0.15) is 0 Å². The molecular weight excluding hydrogens is 476 g/mol. The van der Waals surface area contributed by atoms with Crippen molar-refractivity contribution < 1.29 is 19.0 Å². The third-order valence-corrected chi connectivity index (χ3v) is 6.67. The summed E-state index contributed by atoms with van der Waals surface area (Å²) < 4.78 is 18.6. The zero-order chi connectivity index (χ0) is 25.7. The van der Waals surface area contributed by atoms with Gasteiger partial charge in [-0.25, -0.2) is 9.79 Å². The number of rotatable bonds is 9. The largest absolute Gasteiger partial charge is 0.490 e. The number of aromatic nitrogens is 1. The molecule has 0 fully saturated rings. The Bertz CT molecular complexity index is 1480. The smallest absolute Gasteiger partial charge is 0.338 e. The van der Waals surface area contributed by atoms with Crippen LogP contribution in [-0.4, -0.2) is 30.9 Å². The van der Waals surface area contributed by atoms with E-state index in [1.54, 1.807) is 16.7 Å². The number of esters is 1. The van der Waals surface area contributed by atoms with Crippen molar-refractivity contribution in [2.24, 2.45) is 4.99 Å². The minimum absolute atomic E-state index is 0.228.